The van der Waals surface area contributed by atoms with E-state index in [1.807, 2.05) is 0 Å². The predicted octanol–water partition coefficient (Wildman–Crippen LogP) is 4.09. The molecule has 1 atom stereocenters. The van der Waals surface area contributed by atoms with E-state index in [0.717, 1.165) is 0 Å². The Morgan fingerprint density at radius 1 is 1.36 bits per heavy atom. The van der Waals surface area contributed by atoms with Crippen LogP contribution in [0.5, 0.6) is 0 Å². The van der Waals surface area contributed by atoms with Crippen molar-refractivity contribution in [1.82, 2.24) is 0 Å². The fraction of sp³-hybridized carbons (Fsp3) is 0.636. The van der Waals surface area contributed by atoms with Crippen LogP contribution in [0.15, 0.2) is 15.2 Å². The monoisotopic (exact) mass is 273 g/mol. The Bertz CT molecular complexity index is 291. The molecular formula is C11H16BrNS. The van der Waals surface area contributed by atoms with Gasteiger partial charge in [-0.05, 0) is 51.7 Å². The molecule has 0 spiro atoms. The number of halogens is 1. The Kier molecular flexibility index (Phi) is 3.63. The zero-order valence-corrected chi connectivity index (χ0v) is 10.6. The summed E-state index contributed by atoms with van der Waals surface area (Å²) in [6.07, 6.45) is 6.76. The highest BCUT2D eigenvalue weighted by molar-refractivity contribution is 9.11. The second-order valence-corrected chi connectivity index (χ2v) is 6.40. The topological polar surface area (TPSA) is 26.0 Å². The number of thiophene rings is 1. The molecule has 1 aromatic heterocycles. The molecule has 0 saturated heterocycles. The average Bonchev–Trinajstić information content (AvgIpc) is 2.65. The lowest BCUT2D eigenvalue weighted by Gasteiger charge is -2.26. The summed E-state index contributed by atoms with van der Waals surface area (Å²) in [4.78, 5) is 0. The molecule has 2 N–H and O–H groups in total. The molecule has 0 bridgehead atoms. The van der Waals surface area contributed by atoms with E-state index in [1.54, 1.807) is 11.3 Å². The Labute approximate surface area is 97.8 Å². The lowest BCUT2D eigenvalue weighted by atomic mass is 9.82. The van der Waals surface area contributed by atoms with Crippen molar-refractivity contribution in [3.63, 3.8) is 0 Å². The van der Waals surface area contributed by atoms with Crippen molar-refractivity contribution < 1.29 is 0 Å². The highest BCUT2D eigenvalue weighted by Gasteiger charge is 2.22. The van der Waals surface area contributed by atoms with Crippen molar-refractivity contribution >= 4 is 27.3 Å². The second kappa shape index (κ2) is 4.77. The van der Waals surface area contributed by atoms with Gasteiger partial charge < -0.3 is 5.73 Å². The van der Waals surface area contributed by atoms with E-state index < -0.39 is 0 Å². The molecule has 1 saturated carbocycles. The molecule has 1 unspecified atom stereocenters. The van der Waals surface area contributed by atoms with Gasteiger partial charge in [-0.15, -0.1) is 11.3 Å². The molecule has 2 rings (SSSR count). The predicted molar refractivity (Wildman–Crippen MR) is 65.5 cm³/mol. The maximum Gasteiger partial charge on any atom is 0.0701 e. The SMILES string of the molecule is NC(c1csc(Br)c1)C1CCCCC1. The molecule has 1 aliphatic rings. The molecule has 1 aliphatic carbocycles. The van der Waals surface area contributed by atoms with Crippen LogP contribution in [-0.4, -0.2) is 0 Å². The maximum absolute atomic E-state index is 6.27. The minimum Gasteiger partial charge on any atom is -0.324 e. The van der Waals surface area contributed by atoms with E-state index in [2.05, 4.69) is 27.4 Å². The number of rotatable bonds is 2. The molecule has 1 heterocycles. The molecule has 1 nitrogen and oxygen atoms in total. The summed E-state index contributed by atoms with van der Waals surface area (Å²) < 4.78 is 1.19. The summed E-state index contributed by atoms with van der Waals surface area (Å²) in [7, 11) is 0. The zero-order valence-electron chi connectivity index (χ0n) is 8.21. The van der Waals surface area contributed by atoms with Crippen LogP contribution in [0.4, 0.5) is 0 Å². The van der Waals surface area contributed by atoms with Gasteiger partial charge in [0.25, 0.3) is 0 Å². The Morgan fingerprint density at radius 2 is 2.07 bits per heavy atom. The molecule has 0 amide bonds. The van der Waals surface area contributed by atoms with Gasteiger partial charge in [0.15, 0.2) is 0 Å². The van der Waals surface area contributed by atoms with Gasteiger partial charge in [0.05, 0.1) is 3.79 Å². The Morgan fingerprint density at radius 3 is 2.64 bits per heavy atom. The van der Waals surface area contributed by atoms with E-state index in [1.165, 1.54) is 41.5 Å². The van der Waals surface area contributed by atoms with Gasteiger partial charge in [-0.2, -0.15) is 0 Å². The van der Waals surface area contributed by atoms with E-state index in [4.69, 9.17) is 5.73 Å². The smallest absolute Gasteiger partial charge is 0.0701 e. The van der Waals surface area contributed by atoms with Crippen LogP contribution in [0.2, 0.25) is 0 Å². The molecule has 0 radical (unpaired) electrons. The van der Waals surface area contributed by atoms with Crippen molar-refractivity contribution in [2.45, 2.75) is 38.1 Å². The zero-order chi connectivity index (χ0) is 9.97. The third-order valence-corrected chi connectivity index (χ3v) is 4.65. The molecule has 1 fully saturated rings. The molecule has 14 heavy (non-hydrogen) atoms. The summed E-state index contributed by atoms with van der Waals surface area (Å²) in [5.41, 5.74) is 7.58. The summed E-state index contributed by atoms with van der Waals surface area (Å²) in [6, 6.07) is 2.43. The largest absolute Gasteiger partial charge is 0.324 e. The summed E-state index contributed by atoms with van der Waals surface area (Å²) in [6.45, 7) is 0. The van der Waals surface area contributed by atoms with Crippen molar-refractivity contribution in [3.8, 4) is 0 Å². The molecular weight excluding hydrogens is 258 g/mol. The molecule has 3 heteroatoms. The molecule has 78 valence electrons. The quantitative estimate of drug-likeness (QED) is 0.863. The third-order valence-electron chi connectivity index (χ3n) is 3.13. The Hall–Kier alpha value is 0.140. The van der Waals surface area contributed by atoms with Crippen LogP contribution >= 0.6 is 27.3 Å². The van der Waals surface area contributed by atoms with E-state index in [-0.39, 0.29) is 6.04 Å². The minimum atomic E-state index is 0.262. The standard InChI is InChI=1S/C11H16BrNS/c12-10-6-9(7-14-10)11(13)8-4-2-1-3-5-8/h6-8,11H,1-5,13H2. The third kappa shape index (κ3) is 2.38. The maximum atomic E-state index is 6.27. The van der Waals surface area contributed by atoms with Crippen LogP contribution in [-0.2, 0) is 0 Å². The molecule has 0 aliphatic heterocycles. The van der Waals surface area contributed by atoms with Gasteiger partial charge >= 0.3 is 0 Å². The van der Waals surface area contributed by atoms with Gasteiger partial charge in [0, 0.05) is 6.04 Å². The minimum absolute atomic E-state index is 0.262. The van der Waals surface area contributed by atoms with Crippen LogP contribution in [0.1, 0.15) is 43.7 Å². The van der Waals surface area contributed by atoms with Crippen LogP contribution in [0.3, 0.4) is 0 Å². The first kappa shape index (κ1) is 10.7. The number of hydrogen-bond donors (Lipinski definition) is 1. The van der Waals surface area contributed by atoms with Crippen LogP contribution in [0.25, 0.3) is 0 Å². The van der Waals surface area contributed by atoms with Gasteiger partial charge in [0.2, 0.25) is 0 Å². The highest BCUT2D eigenvalue weighted by Crippen LogP contribution is 2.35. The summed E-state index contributed by atoms with van der Waals surface area (Å²) in [5.74, 6) is 0.713. The van der Waals surface area contributed by atoms with E-state index >= 15 is 0 Å². The number of hydrogen-bond acceptors (Lipinski definition) is 2. The Balaban J connectivity index is 2.03. The van der Waals surface area contributed by atoms with Crippen LogP contribution < -0.4 is 5.73 Å². The summed E-state index contributed by atoms with van der Waals surface area (Å²) >= 11 is 5.22. The molecule has 0 aromatic carbocycles. The second-order valence-electron chi connectivity index (χ2n) is 4.11. The van der Waals surface area contributed by atoms with E-state index in [9.17, 15) is 0 Å². The fourth-order valence-corrected chi connectivity index (χ4v) is 3.49. The fourth-order valence-electron chi connectivity index (χ4n) is 2.26. The van der Waals surface area contributed by atoms with Crippen molar-refractivity contribution in [3.05, 3.63) is 20.8 Å². The van der Waals surface area contributed by atoms with Gasteiger partial charge in [-0.3, -0.25) is 0 Å². The van der Waals surface area contributed by atoms with Crippen molar-refractivity contribution in [2.24, 2.45) is 11.7 Å². The molecule has 1 aromatic rings. The first-order chi connectivity index (χ1) is 6.77. The van der Waals surface area contributed by atoms with Crippen LogP contribution in [0, 0.1) is 5.92 Å². The van der Waals surface area contributed by atoms with E-state index in [0.29, 0.717) is 5.92 Å². The summed E-state index contributed by atoms with van der Waals surface area (Å²) in [5, 5.41) is 2.18. The number of nitrogens with two attached hydrogens (primary N) is 1. The normalized spacial score (nSPS) is 21.0. The highest BCUT2D eigenvalue weighted by atomic mass is 79.9. The van der Waals surface area contributed by atoms with Gasteiger partial charge in [0.1, 0.15) is 0 Å². The van der Waals surface area contributed by atoms with Gasteiger partial charge in [-0.1, -0.05) is 19.3 Å². The lowest BCUT2D eigenvalue weighted by Crippen LogP contribution is -2.22. The average molecular weight is 274 g/mol. The van der Waals surface area contributed by atoms with Crippen molar-refractivity contribution in [1.29, 1.82) is 0 Å². The van der Waals surface area contributed by atoms with Crippen molar-refractivity contribution in [2.75, 3.05) is 0 Å². The lowest BCUT2D eigenvalue weighted by molar-refractivity contribution is 0.308. The van der Waals surface area contributed by atoms with Gasteiger partial charge in [-0.25, -0.2) is 0 Å². The first-order valence-corrected chi connectivity index (χ1v) is 6.94. The first-order valence-electron chi connectivity index (χ1n) is 5.27.